The van der Waals surface area contributed by atoms with Crippen molar-refractivity contribution in [1.29, 1.82) is 0 Å². The van der Waals surface area contributed by atoms with Gasteiger partial charge in [-0.2, -0.15) is 11.8 Å². The summed E-state index contributed by atoms with van der Waals surface area (Å²) in [4.78, 5) is 25.1. The summed E-state index contributed by atoms with van der Waals surface area (Å²) in [7, 11) is 0. The maximum absolute atomic E-state index is 12.8. The van der Waals surface area contributed by atoms with Gasteiger partial charge >= 0.3 is 0 Å². The minimum absolute atomic E-state index is 0.0825. The zero-order valence-electron chi connectivity index (χ0n) is 14.2. The van der Waals surface area contributed by atoms with Gasteiger partial charge in [0, 0.05) is 43.3 Å². The Morgan fingerprint density at radius 3 is 2.50 bits per heavy atom. The third kappa shape index (κ3) is 4.95. The van der Waals surface area contributed by atoms with E-state index in [1.807, 2.05) is 16.7 Å². The van der Waals surface area contributed by atoms with Crippen LogP contribution in [0.4, 0.5) is 5.69 Å². The molecule has 0 unspecified atom stereocenters. The van der Waals surface area contributed by atoms with Crippen LogP contribution in [0.25, 0.3) is 0 Å². The van der Waals surface area contributed by atoms with E-state index in [1.54, 1.807) is 12.1 Å². The highest BCUT2D eigenvalue weighted by Gasteiger charge is 2.28. The minimum atomic E-state index is -0.406. The van der Waals surface area contributed by atoms with E-state index in [4.69, 9.17) is 0 Å². The Morgan fingerprint density at radius 2 is 1.96 bits per heavy atom. The van der Waals surface area contributed by atoms with Crippen LogP contribution in [0.1, 0.15) is 25.8 Å². The molecule has 2 atom stereocenters. The van der Waals surface area contributed by atoms with Crippen LogP contribution < -0.4 is 5.32 Å². The highest BCUT2D eigenvalue weighted by molar-refractivity contribution is 7.99. The van der Waals surface area contributed by atoms with Gasteiger partial charge in [-0.15, -0.1) is 0 Å². The number of hydrogen-bond donors (Lipinski definition) is 1. The maximum atomic E-state index is 12.8. The SMILES string of the molecule is CC[C@@H](C)[C@H](NCc1ccc([N+](=O)[O-])cc1)C(=O)N1CCSCC1. The molecule has 1 aliphatic rings. The van der Waals surface area contributed by atoms with Gasteiger partial charge in [0.2, 0.25) is 5.91 Å². The fraction of sp³-hybridized carbons (Fsp3) is 0.588. The molecule has 0 radical (unpaired) electrons. The average Bonchev–Trinajstić information content (AvgIpc) is 2.62. The molecule has 0 saturated carbocycles. The lowest BCUT2D eigenvalue weighted by Crippen LogP contribution is -2.51. The van der Waals surface area contributed by atoms with E-state index >= 15 is 0 Å². The van der Waals surface area contributed by atoms with Crippen LogP contribution in [0.2, 0.25) is 0 Å². The molecule has 1 aliphatic heterocycles. The molecule has 1 amide bonds. The Kier molecular flexibility index (Phi) is 7.05. The fourth-order valence-electron chi connectivity index (χ4n) is 2.71. The molecule has 1 N–H and O–H groups in total. The number of hydrogen-bond acceptors (Lipinski definition) is 5. The number of nitrogens with one attached hydrogen (secondary N) is 1. The van der Waals surface area contributed by atoms with E-state index < -0.39 is 4.92 Å². The molecule has 6 nitrogen and oxygen atoms in total. The summed E-state index contributed by atoms with van der Waals surface area (Å²) in [6, 6.07) is 6.26. The highest BCUT2D eigenvalue weighted by Crippen LogP contribution is 2.17. The summed E-state index contributed by atoms with van der Waals surface area (Å²) in [5.41, 5.74) is 1.02. The van der Waals surface area contributed by atoms with E-state index in [2.05, 4.69) is 19.2 Å². The third-order valence-corrected chi connectivity index (χ3v) is 5.42. The molecule has 2 rings (SSSR count). The third-order valence-electron chi connectivity index (χ3n) is 4.48. The van der Waals surface area contributed by atoms with Crippen molar-refractivity contribution in [3.63, 3.8) is 0 Å². The van der Waals surface area contributed by atoms with Crippen molar-refractivity contribution in [1.82, 2.24) is 10.2 Å². The molecule has 0 bridgehead atoms. The van der Waals surface area contributed by atoms with Gasteiger partial charge in [0.05, 0.1) is 11.0 Å². The van der Waals surface area contributed by atoms with Gasteiger partial charge in [-0.3, -0.25) is 14.9 Å². The van der Waals surface area contributed by atoms with Gasteiger partial charge in [0.15, 0.2) is 0 Å². The van der Waals surface area contributed by atoms with Gasteiger partial charge < -0.3 is 10.2 Å². The van der Waals surface area contributed by atoms with Crippen LogP contribution in [0.3, 0.4) is 0 Å². The number of benzene rings is 1. The molecule has 1 fully saturated rings. The molecular formula is C17H25N3O3S. The van der Waals surface area contributed by atoms with Crippen molar-refractivity contribution in [2.45, 2.75) is 32.9 Å². The summed E-state index contributed by atoms with van der Waals surface area (Å²) < 4.78 is 0. The molecule has 132 valence electrons. The summed E-state index contributed by atoms with van der Waals surface area (Å²) in [6.45, 7) is 6.33. The minimum Gasteiger partial charge on any atom is -0.340 e. The molecule has 1 aromatic carbocycles. The van der Waals surface area contributed by atoms with Gasteiger partial charge in [-0.05, 0) is 11.5 Å². The first kappa shape index (κ1) is 18.7. The first-order valence-electron chi connectivity index (χ1n) is 8.36. The molecule has 0 aliphatic carbocycles. The van der Waals surface area contributed by atoms with Crippen LogP contribution in [0, 0.1) is 16.0 Å². The van der Waals surface area contributed by atoms with Crippen molar-refractivity contribution in [3.8, 4) is 0 Å². The second-order valence-corrected chi connectivity index (χ2v) is 7.33. The second-order valence-electron chi connectivity index (χ2n) is 6.11. The predicted molar refractivity (Wildman–Crippen MR) is 97.1 cm³/mol. The largest absolute Gasteiger partial charge is 0.340 e. The molecular weight excluding hydrogens is 326 g/mol. The summed E-state index contributed by atoms with van der Waals surface area (Å²) in [6.07, 6.45) is 0.923. The van der Waals surface area contributed by atoms with Gasteiger partial charge in [0.1, 0.15) is 0 Å². The Labute approximate surface area is 147 Å². The second kappa shape index (κ2) is 9.03. The average molecular weight is 351 g/mol. The number of amides is 1. The predicted octanol–water partition coefficient (Wildman–Crippen LogP) is 2.67. The standard InChI is InChI=1S/C17H25N3O3S/c1-3-13(2)16(17(21)19-8-10-24-11-9-19)18-12-14-4-6-15(7-5-14)20(22)23/h4-7,13,16,18H,3,8-12H2,1-2H3/t13-,16+/m1/s1. The van der Waals surface area contributed by atoms with E-state index in [0.29, 0.717) is 6.54 Å². The number of carbonyl (C=O) groups excluding carboxylic acids is 1. The number of non-ortho nitro benzene ring substituents is 1. The van der Waals surface area contributed by atoms with Gasteiger partial charge in [0.25, 0.3) is 5.69 Å². The number of carbonyl (C=O) groups is 1. The topological polar surface area (TPSA) is 75.5 Å². The lowest BCUT2D eigenvalue weighted by atomic mass is 9.97. The zero-order chi connectivity index (χ0) is 17.5. The summed E-state index contributed by atoms with van der Waals surface area (Å²) in [5, 5.41) is 14.1. The lowest BCUT2D eigenvalue weighted by Gasteiger charge is -2.33. The van der Waals surface area contributed by atoms with Crippen molar-refractivity contribution < 1.29 is 9.72 Å². The summed E-state index contributed by atoms with van der Waals surface area (Å²) in [5.74, 6) is 2.42. The molecule has 7 heteroatoms. The van der Waals surface area contributed by atoms with E-state index in [1.165, 1.54) is 12.1 Å². The van der Waals surface area contributed by atoms with Crippen LogP contribution in [-0.4, -0.2) is 46.4 Å². The maximum Gasteiger partial charge on any atom is 0.269 e. The molecule has 24 heavy (non-hydrogen) atoms. The van der Waals surface area contributed by atoms with Crippen molar-refractivity contribution >= 4 is 23.4 Å². The highest BCUT2D eigenvalue weighted by atomic mass is 32.2. The van der Waals surface area contributed by atoms with Crippen LogP contribution in [-0.2, 0) is 11.3 Å². The lowest BCUT2D eigenvalue weighted by molar-refractivity contribution is -0.384. The quantitative estimate of drug-likeness (QED) is 0.604. The normalized spacial score (nSPS) is 17.3. The Hall–Kier alpha value is -1.60. The fourth-order valence-corrected chi connectivity index (χ4v) is 3.61. The van der Waals surface area contributed by atoms with Crippen LogP contribution >= 0.6 is 11.8 Å². The van der Waals surface area contributed by atoms with Crippen molar-refractivity contribution in [3.05, 3.63) is 39.9 Å². The monoisotopic (exact) mass is 351 g/mol. The first-order valence-corrected chi connectivity index (χ1v) is 9.51. The summed E-state index contributed by atoms with van der Waals surface area (Å²) >= 11 is 1.89. The van der Waals surface area contributed by atoms with Crippen LogP contribution in [0.5, 0.6) is 0 Å². The van der Waals surface area contributed by atoms with Crippen molar-refractivity contribution in [2.24, 2.45) is 5.92 Å². The van der Waals surface area contributed by atoms with Gasteiger partial charge in [-0.1, -0.05) is 32.4 Å². The number of nitrogens with zero attached hydrogens (tertiary/aromatic N) is 2. The molecule has 0 aromatic heterocycles. The molecule has 0 spiro atoms. The Bertz CT molecular complexity index is 559. The molecule has 1 saturated heterocycles. The van der Waals surface area contributed by atoms with Crippen LogP contribution in [0.15, 0.2) is 24.3 Å². The van der Waals surface area contributed by atoms with E-state index in [0.717, 1.165) is 36.6 Å². The molecule has 1 heterocycles. The van der Waals surface area contributed by atoms with Crippen molar-refractivity contribution in [2.75, 3.05) is 24.6 Å². The smallest absolute Gasteiger partial charge is 0.269 e. The van der Waals surface area contributed by atoms with E-state index in [9.17, 15) is 14.9 Å². The van der Waals surface area contributed by atoms with E-state index in [-0.39, 0.29) is 23.6 Å². The van der Waals surface area contributed by atoms with Gasteiger partial charge in [-0.25, -0.2) is 0 Å². The number of nitro benzene ring substituents is 1. The first-order chi connectivity index (χ1) is 11.5. The number of nitro groups is 1. The Morgan fingerprint density at radius 1 is 1.33 bits per heavy atom. The number of thioether (sulfide) groups is 1. The zero-order valence-corrected chi connectivity index (χ0v) is 15.1. The molecule has 1 aromatic rings. The Balaban J connectivity index is 2.00. The number of rotatable bonds is 7.